The average Bonchev–Trinajstić information content (AvgIpc) is 2.85. The van der Waals surface area contributed by atoms with Gasteiger partial charge in [-0.3, -0.25) is 4.79 Å². The highest BCUT2D eigenvalue weighted by Crippen LogP contribution is 2.18. The number of aromatic nitrogens is 1. The van der Waals surface area contributed by atoms with Gasteiger partial charge in [-0.2, -0.15) is 0 Å². The summed E-state index contributed by atoms with van der Waals surface area (Å²) in [6.07, 6.45) is 4.20. The lowest BCUT2D eigenvalue weighted by molar-refractivity contribution is -0.697. The van der Waals surface area contributed by atoms with Gasteiger partial charge in [0, 0.05) is 25.2 Å². The minimum Gasteiger partial charge on any atom is -1.00 e. The number of amides is 2. The van der Waals surface area contributed by atoms with E-state index in [0.717, 1.165) is 28.9 Å². The number of carbonyl (C=O) groups is 2. The summed E-state index contributed by atoms with van der Waals surface area (Å²) in [6, 6.07) is 20.5. The van der Waals surface area contributed by atoms with Crippen LogP contribution >= 0.6 is 15.9 Å². The molecule has 0 spiro atoms. The first-order chi connectivity index (χ1) is 16.6. The van der Waals surface area contributed by atoms with Crippen molar-refractivity contribution in [3.8, 4) is 5.75 Å². The number of hydrogen-bond acceptors (Lipinski definition) is 4. The lowest BCUT2D eigenvalue weighted by atomic mass is 10.2. The van der Waals surface area contributed by atoms with Crippen molar-refractivity contribution in [2.45, 2.75) is 19.9 Å². The number of carbonyl (C=O) groups excluding carboxylic acids is 2. The van der Waals surface area contributed by atoms with Crippen molar-refractivity contribution < 1.29 is 47.6 Å². The van der Waals surface area contributed by atoms with E-state index in [-0.39, 0.29) is 49.6 Å². The maximum absolute atomic E-state index is 13.4. The highest BCUT2D eigenvalue weighted by Gasteiger charge is 2.21. The number of hydrogen-bond donors (Lipinski definition) is 1. The summed E-state index contributed by atoms with van der Waals surface area (Å²) in [7, 11) is 0. The molecule has 0 unspecified atom stereocenters. The number of anilines is 1. The third-order valence-electron chi connectivity index (χ3n) is 4.86. The molecule has 3 rings (SSSR count). The molecule has 0 saturated heterocycles. The number of pyridine rings is 1. The molecule has 0 fully saturated rings. The fourth-order valence-corrected chi connectivity index (χ4v) is 3.85. The normalized spacial score (nSPS) is 10.1. The fraction of sp³-hybridized carbons (Fsp3) is 0.269. The van der Waals surface area contributed by atoms with Crippen LogP contribution in [0.4, 0.5) is 10.5 Å². The third-order valence-corrected chi connectivity index (χ3v) is 5.30. The highest BCUT2D eigenvalue weighted by atomic mass is 127. The predicted octanol–water partition coefficient (Wildman–Crippen LogP) is 1.60. The second kappa shape index (κ2) is 15.4. The predicted molar refractivity (Wildman–Crippen MR) is 134 cm³/mol. The van der Waals surface area contributed by atoms with Gasteiger partial charge in [-0.05, 0) is 46.3 Å². The number of ether oxygens (including phenoxy) is 2. The SMILES string of the molecule is CCC[n+]1cc(Br)cc(C(=O)N(CCNC(=O)OCCOc2ccccc2)c2ccccc2)c1.[I-]. The Kier molecular flexibility index (Phi) is 12.5. The minimum absolute atomic E-state index is 0. The van der Waals surface area contributed by atoms with Gasteiger partial charge in [0.15, 0.2) is 12.4 Å². The average molecular weight is 654 g/mol. The molecule has 0 aliphatic carbocycles. The van der Waals surface area contributed by atoms with Gasteiger partial charge in [-0.15, -0.1) is 0 Å². The summed E-state index contributed by atoms with van der Waals surface area (Å²) in [5.41, 5.74) is 1.31. The number of nitrogens with zero attached hydrogens (tertiary/aromatic N) is 2. The van der Waals surface area contributed by atoms with Crippen molar-refractivity contribution in [2.75, 3.05) is 31.2 Å². The van der Waals surface area contributed by atoms with E-state index in [0.29, 0.717) is 12.1 Å². The van der Waals surface area contributed by atoms with E-state index in [1.54, 1.807) is 11.0 Å². The second-order valence-corrected chi connectivity index (χ2v) is 8.41. The van der Waals surface area contributed by atoms with Crippen LogP contribution in [0.5, 0.6) is 5.75 Å². The first kappa shape index (κ1) is 28.6. The van der Waals surface area contributed by atoms with Crippen LogP contribution in [0.1, 0.15) is 23.7 Å². The third kappa shape index (κ3) is 9.48. The summed E-state index contributed by atoms with van der Waals surface area (Å²) in [6.45, 7) is 3.81. The van der Waals surface area contributed by atoms with E-state index >= 15 is 0 Å². The summed E-state index contributed by atoms with van der Waals surface area (Å²) < 4.78 is 13.5. The van der Waals surface area contributed by atoms with Crippen LogP contribution in [0.2, 0.25) is 0 Å². The summed E-state index contributed by atoms with van der Waals surface area (Å²) in [5.74, 6) is 0.570. The molecule has 35 heavy (non-hydrogen) atoms. The van der Waals surface area contributed by atoms with Crippen LogP contribution in [-0.4, -0.2) is 38.3 Å². The topological polar surface area (TPSA) is 71.8 Å². The number of rotatable bonds is 11. The molecule has 186 valence electrons. The van der Waals surface area contributed by atoms with Gasteiger partial charge in [0.05, 0.1) is 4.47 Å². The minimum atomic E-state index is -0.555. The molecule has 0 aliphatic heterocycles. The van der Waals surface area contributed by atoms with Crippen LogP contribution < -0.4 is 43.5 Å². The molecule has 0 atom stereocenters. The Bertz CT molecular complexity index is 1070. The van der Waals surface area contributed by atoms with Crippen LogP contribution in [0, 0.1) is 0 Å². The molecule has 7 nitrogen and oxygen atoms in total. The summed E-state index contributed by atoms with van der Waals surface area (Å²) in [5, 5.41) is 2.71. The number of benzene rings is 2. The zero-order valence-corrected chi connectivity index (χ0v) is 23.3. The van der Waals surface area contributed by atoms with E-state index < -0.39 is 6.09 Å². The van der Waals surface area contributed by atoms with E-state index in [1.165, 1.54) is 0 Å². The smallest absolute Gasteiger partial charge is 0.407 e. The Labute approximate surface area is 231 Å². The molecule has 0 bridgehead atoms. The van der Waals surface area contributed by atoms with Gasteiger partial charge in [0.25, 0.3) is 5.91 Å². The zero-order valence-electron chi connectivity index (χ0n) is 19.5. The van der Waals surface area contributed by atoms with Crippen LogP contribution in [0.3, 0.4) is 0 Å². The molecule has 0 aliphatic rings. The molecule has 0 radical (unpaired) electrons. The largest absolute Gasteiger partial charge is 1.00 e. The van der Waals surface area contributed by atoms with E-state index in [2.05, 4.69) is 28.2 Å². The molecule has 2 aromatic carbocycles. The molecule has 0 saturated carbocycles. The molecule has 2 amide bonds. The van der Waals surface area contributed by atoms with Crippen molar-refractivity contribution in [3.63, 3.8) is 0 Å². The van der Waals surface area contributed by atoms with Crippen molar-refractivity contribution in [3.05, 3.63) is 89.2 Å². The maximum atomic E-state index is 13.4. The van der Waals surface area contributed by atoms with Gasteiger partial charge in [-0.1, -0.05) is 43.3 Å². The van der Waals surface area contributed by atoms with E-state index in [4.69, 9.17) is 9.47 Å². The van der Waals surface area contributed by atoms with Crippen molar-refractivity contribution in [1.82, 2.24) is 5.32 Å². The Hall–Kier alpha value is -2.66. The van der Waals surface area contributed by atoms with Gasteiger partial charge in [0.2, 0.25) is 0 Å². The fourth-order valence-electron chi connectivity index (χ4n) is 3.34. The van der Waals surface area contributed by atoms with Crippen molar-refractivity contribution in [1.29, 1.82) is 0 Å². The van der Waals surface area contributed by atoms with Gasteiger partial charge in [0.1, 0.15) is 31.1 Å². The zero-order chi connectivity index (χ0) is 24.2. The lowest BCUT2D eigenvalue weighted by Crippen LogP contribution is -3.00. The number of nitrogens with one attached hydrogen (secondary N) is 1. The van der Waals surface area contributed by atoms with Gasteiger partial charge in [-0.25, -0.2) is 9.36 Å². The molecule has 1 aromatic heterocycles. The Morgan fingerprint density at radius 3 is 2.37 bits per heavy atom. The Balaban J connectivity index is 0.00000432. The first-order valence-electron chi connectivity index (χ1n) is 11.2. The molecular formula is C26H29BrIN3O4. The number of aryl methyl sites for hydroxylation is 1. The van der Waals surface area contributed by atoms with Gasteiger partial charge >= 0.3 is 6.09 Å². The monoisotopic (exact) mass is 653 g/mol. The maximum Gasteiger partial charge on any atom is 0.407 e. The molecule has 3 aromatic rings. The van der Waals surface area contributed by atoms with Crippen molar-refractivity contribution >= 4 is 33.6 Å². The Morgan fingerprint density at radius 2 is 1.69 bits per heavy atom. The van der Waals surface area contributed by atoms with Crippen LogP contribution in [-0.2, 0) is 11.3 Å². The molecule has 1 heterocycles. The van der Waals surface area contributed by atoms with Crippen molar-refractivity contribution in [2.24, 2.45) is 0 Å². The number of alkyl carbamates (subject to hydrolysis) is 1. The standard InChI is InChI=1S/C26H28BrN3O4.HI/c1-2-14-29-19-21(18-22(27)20-29)25(31)30(23-9-5-3-6-10-23)15-13-28-26(32)34-17-16-33-24-11-7-4-8-12-24;/h3-12,18-20H,2,13-17H2,1H3;1H. The van der Waals surface area contributed by atoms with E-state index in [1.807, 2.05) is 77.6 Å². The highest BCUT2D eigenvalue weighted by molar-refractivity contribution is 9.10. The van der Waals surface area contributed by atoms with E-state index in [9.17, 15) is 9.59 Å². The first-order valence-corrected chi connectivity index (χ1v) is 12.0. The Morgan fingerprint density at radius 1 is 1.00 bits per heavy atom. The molecule has 9 heteroatoms. The molecular weight excluding hydrogens is 625 g/mol. The quantitative estimate of drug-likeness (QED) is 0.194. The van der Waals surface area contributed by atoms with Crippen LogP contribution in [0.15, 0.2) is 83.6 Å². The molecule has 1 N–H and O–H groups in total. The van der Waals surface area contributed by atoms with Crippen LogP contribution in [0.25, 0.3) is 0 Å². The van der Waals surface area contributed by atoms with Gasteiger partial charge < -0.3 is 43.7 Å². The summed E-state index contributed by atoms with van der Waals surface area (Å²) >= 11 is 3.50. The number of halogens is 2. The summed E-state index contributed by atoms with van der Waals surface area (Å²) in [4.78, 5) is 27.1. The lowest BCUT2D eigenvalue weighted by Gasteiger charge is -2.23. The number of para-hydroxylation sites is 2. The second-order valence-electron chi connectivity index (χ2n) is 7.50.